The van der Waals surface area contributed by atoms with Crippen LogP contribution in [0.1, 0.15) is 49.7 Å². The van der Waals surface area contributed by atoms with Gasteiger partial charge in [0.2, 0.25) is 10.0 Å². The van der Waals surface area contributed by atoms with E-state index in [9.17, 15) is 18.1 Å². The largest absolute Gasteiger partial charge is 0.490 e. The monoisotopic (exact) mass is 727 g/mol. The van der Waals surface area contributed by atoms with Crippen molar-refractivity contribution in [3.8, 4) is 29.0 Å². The van der Waals surface area contributed by atoms with E-state index < -0.39 is 33.4 Å². The molecule has 6 heterocycles. The van der Waals surface area contributed by atoms with Crippen LogP contribution in [0.15, 0.2) is 12.1 Å². The fraction of sp³-hybridized carbons (Fsp3) is 0.500. The molecule has 0 radical (unpaired) electrons. The molecule has 11 nitrogen and oxygen atoms in total. The van der Waals surface area contributed by atoms with Crippen LogP contribution in [0.25, 0.3) is 32.1 Å². The summed E-state index contributed by atoms with van der Waals surface area (Å²) in [5.74, 6) is -0.582. The van der Waals surface area contributed by atoms with Gasteiger partial charge >= 0.3 is 6.01 Å². The molecule has 0 bridgehead atoms. The van der Waals surface area contributed by atoms with Crippen molar-refractivity contribution in [3.05, 3.63) is 34.9 Å². The van der Waals surface area contributed by atoms with Crippen molar-refractivity contribution in [2.45, 2.75) is 69.2 Å². The first-order chi connectivity index (χ1) is 23.9. The van der Waals surface area contributed by atoms with Gasteiger partial charge < -0.3 is 20.1 Å². The van der Waals surface area contributed by atoms with Crippen LogP contribution in [0.3, 0.4) is 0 Å². The summed E-state index contributed by atoms with van der Waals surface area (Å²) in [5.41, 5.74) is 6.35. The second kappa shape index (κ2) is 12.1. The van der Waals surface area contributed by atoms with Crippen LogP contribution in [0.4, 0.5) is 24.0 Å². The molecule has 4 aliphatic heterocycles. The number of thiophene rings is 1. The zero-order chi connectivity index (χ0) is 35.1. The lowest BCUT2D eigenvalue weighted by atomic mass is 9.92. The zero-order valence-electron chi connectivity index (χ0n) is 27.6. The fourth-order valence-corrected chi connectivity index (χ4v) is 10.4. The Kier molecular flexibility index (Phi) is 8.05. The molecule has 50 heavy (non-hydrogen) atoms. The van der Waals surface area contributed by atoms with Crippen LogP contribution in [0.2, 0.25) is 0 Å². The number of hydrogen-bond acceptors (Lipinski definition) is 11. The number of fused-ring (bicyclic) bond motifs is 4. The van der Waals surface area contributed by atoms with Crippen molar-refractivity contribution in [1.29, 1.82) is 5.26 Å². The molecule has 4 atom stereocenters. The van der Waals surface area contributed by atoms with Crippen LogP contribution in [-0.4, -0.2) is 86.2 Å². The number of sulfonamides is 1. The second-order valence-corrected chi connectivity index (χ2v) is 16.8. The number of nitrogens with two attached hydrogens (primary N) is 1. The molecule has 0 amide bonds. The molecule has 4 aliphatic rings. The van der Waals surface area contributed by atoms with Crippen LogP contribution in [0, 0.1) is 29.9 Å². The van der Waals surface area contributed by atoms with Crippen LogP contribution in [0.5, 0.6) is 11.8 Å². The summed E-state index contributed by atoms with van der Waals surface area (Å²) in [7, 11) is -3.48. The molecule has 4 aromatic rings. The SMILES string of the molecule is Cc1c(-c2ccc(F)c3sc(N)c(C#N)c23)c(F)c2nc(OCC34CCCN3C[C@H](F)C4)nc3c2c1OCC1CC(NS(C)(=O)=O)CCCN31. The molecular formula is C34H36F3N7O4S2. The average molecular weight is 728 g/mol. The molecule has 0 saturated carbocycles. The van der Waals surface area contributed by atoms with Crippen molar-refractivity contribution in [3.63, 3.8) is 0 Å². The summed E-state index contributed by atoms with van der Waals surface area (Å²) in [5, 5.41) is 10.6. The predicted octanol–water partition coefficient (Wildman–Crippen LogP) is 5.18. The Bertz CT molecular complexity index is 2210. The number of nitrogens with zero attached hydrogens (tertiary/aromatic N) is 5. The number of nitrogens with one attached hydrogen (secondary N) is 1. The van der Waals surface area contributed by atoms with Gasteiger partial charge in [-0.3, -0.25) is 4.90 Å². The Hall–Kier alpha value is -3.91. The Labute approximate surface area is 291 Å². The number of benzene rings is 2. The third kappa shape index (κ3) is 5.40. The number of aromatic nitrogens is 2. The summed E-state index contributed by atoms with van der Waals surface area (Å²) in [6, 6.07) is 3.94. The van der Waals surface area contributed by atoms with Crippen molar-refractivity contribution in [2.24, 2.45) is 0 Å². The lowest BCUT2D eigenvalue weighted by Crippen LogP contribution is -2.44. The molecule has 0 spiro atoms. The summed E-state index contributed by atoms with van der Waals surface area (Å²) in [6.07, 6.45) is 3.80. The van der Waals surface area contributed by atoms with E-state index >= 15 is 8.78 Å². The van der Waals surface area contributed by atoms with Crippen LogP contribution in [-0.2, 0) is 10.0 Å². The minimum Gasteiger partial charge on any atom is -0.490 e. The van der Waals surface area contributed by atoms with E-state index in [1.54, 1.807) is 6.92 Å². The van der Waals surface area contributed by atoms with E-state index in [1.165, 1.54) is 12.1 Å². The molecule has 2 aromatic carbocycles. The molecule has 16 heteroatoms. The number of rotatable bonds is 6. The maximum Gasteiger partial charge on any atom is 0.319 e. The Morgan fingerprint density at radius 1 is 1.24 bits per heavy atom. The average Bonchev–Trinajstić information content (AvgIpc) is 3.61. The first kappa shape index (κ1) is 33.2. The van der Waals surface area contributed by atoms with E-state index in [1.807, 2.05) is 4.90 Å². The molecule has 3 unspecified atom stereocenters. The van der Waals surface area contributed by atoms with Crippen LogP contribution < -0.4 is 24.8 Å². The fourth-order valence-electron chi connectivity index (χ4n) is 8.60. The number of anilines is 2. The number of ether oxygens (including phenoxy) is 2. The Balaban J connectivity index is 1.32. The quantitative estimate of drug-likeness (QED) is 0.273. The standard InChI is InChI=1S/C34H36F3N7O4S2/c1-17-24(21-6-7-23(36)30-25(21)22(13-38)31(39)49-30)27(37)28-26-29(17)47-15-20-11-19(42-50(2,45)46)5-3-10-44(20)32(26)41-33(40-28)48-16-34-8-4-9-43(34)14-18(35)12-34/h6-7,18-20,42H,3-5,8-12,14-16,39H2,1-2H3/t18-,19?,20?,34?/m1/s1. The first-order valence-corrected chi connectivity index (χ1v) is 19.4. The van der Waals surface area contributed by atoms with Crippen LogP contribution >= 0.6 is 11.3 Å². The molecule has 3 saturated heterocycles. The van der Waals surface area contributed by atoms with Gasteiger partial charge in [-0.25, -0.2) is 26.3 Å². The number of nitriles is 1. The third-order valence-corrected chi connectivity index (χ3v) is 12.5. The van der Waals surface area contributed by atoms with Crippen molar-refractivity contribution in [2.75, 3.05) is 49.7 Å². The second-order valence-electron chi connectivity index (χ2n) is 13.9. The van der Waals surface area contributed by atoms with Gasteiger partial charge in [-0.15, -0.1) is 11.3 Å². The maximum atomic E-state index is 17.3. The highest BCUT2D eigenvalue weighted by molar-refractivity contribution is 7.88. The van der Waals surface area contributed by atoms with Crippen molar-refractivity contribution < 1.29 is 31.1 Å². The molecule has 264 valence electrons. The number of nitrogen functional groups attached to an aromatic ring is 1. The minimum atomic E-state index is -3.48. The van der Waals surface area contributed by atoms with Crippen molar-refractivity contribution >= 4 is 53.2 Å². The molecule has 2 aromatic heterocycles. The number of alkyl halides is 1. The van der Waals surface area contributed by atoms with Gasteiger partial charge in [-0.05, 0) is 57.2 Å². The number of hydrogen-bond donors (Lipinski definition) is 2. The highest BCUT2D eigenvalue weighted by atomic mass is 32.2. The smallest absolute Gasteiger partial charge is 0.319 e. The van der Waals surface area contributed by atoms with Gasteiger partial charge in [0.1, 0.15) is 53.4 Å². The molecule has 0 aliphatic carbocycles. The Morgan fingerprint density at radius 2 is 2.06 bits per heavy atom. The summed E-state index contributed by atoms with van der Waals surface area (Å²) in [4.78, 5) is 13.6. The molecule has 8 rings (SSSR count). The lowest BCUT2D eigenvalue weighted by Gasteiger charge is -2.32. The molecular weight excluding hydrogens is 692 g/mol. The van der Waals surface area contributed by atoms with Crippen molar-refractivity contribution in [1.82, 2.24) is 19.6 Å². The summed E-state index contributed by atoms with van der Waals surface area (Å²) in [6.45, 7) is 3.57. The minimum absolute atomic E-state index is 0.0542. The van der Waals surface area contributed by atoms with Gasteiger partial charge in [0.25, 0.3) is 0 Å². The molecule has 3 fully saturated rings. The lowest BCUT2D eigenvalue weighted by molar-refractivity contribution is 0.107. The topological polar surface area (TPSA) is 147 Å². The van der Waals surface area contributed by atoms with Gasteiger partial charge in [-0.1, -0.05) is 6.07 Å². The predicted molar refractivity (Wildman–Crippen MR) is 185 cm³/mol. The Morgan fingerprint density at radius 3 is 2.84 bits per heavy atom. The highest BCUT2D eigenvalue weighted by Gasteiger charge is 2.49. The zero-order valence-corrected chi connectivity index (χ0v) is 29.2. The normalized spacial score (nSPS) is 25.2. The summed E-state index contributed by atoms with van der Waals surface area (Å²) >= 11 is 0.923. The van der Waals surface area contributed by atoms with E-state index in [0.29, 0.717) is 61.3 Å². The van der Waals surface area contributed by atoms with E-state index in [-0.39, 0.29) is 68.6 Å². The highest BCUT2D eigenvalue weighted by Crippen LogP contribution is 2.49. The number of halogens is 3. The van der Waals surface area contributed by atoms with Gasteiger partial charge in [-0.2, -0.15) is 15.2 Å². The van der Waals surface area contributed by atoms with Gasteiger partial charge in [0.05, 0.1) is 33.5 Å². The van der Waals surface area contributed by atoms with E-state index in [2.05, 4.69) is 20.7 Å². The van der Waals surface area contributed by atoms with Gasteiger partial charge in [0, 0.05) is 42.1 Å². The molecule has 3 N–H and O–H groups in total. The van der Waals surface area contributed by atoms with E-state index in [4.69, 9.17) is 20.2 Å². The summed E-state index contributed by atoms with van der Waals surface area (Å²) < 4.78 is 87.0. The van der Waals surface area contributed by atoms with Gasteiger partial charge in [0.15, 0.2) is 5.82 Å². The third-order valence-electron chi connectivity index (χ3n) is 10.7. The van der Waals surface area contributed by atoms with E-state index in [0.717, 1.165) is 37.0 Å². The maximum absolute atomic E-state index is 17.3. The first-order valence-electron chi connectivity index (χ1n) is 16.7.